The summed E-state index contributed by atoms with van der Waals surface area (Å²) in [5, 5.41) is 3.35. The predicted molar refractivity (Wildman–Crippen MR) is 91.2 cm³/mol. The van der Waals surface area contributed by atoms with Crippen LogP contribution in [0.4, 0.5) is 0 Å². The minimum Gasteiger partial charge on any atom is -0.457 e. The van der Waals surface area contributed by atoms with Gasteiger partial charge in [0.05, 0.1) is 6.04 Å². The highest BCUT2D eigenvalue weighted by molar-refractivity contribution is 5.88. The average molecular weight is 345 g/mol. The number of rotatable bonds is 5. The van der Waals surface area contributed by atoms with Crippen molar-refractivity contribution >= 4 is 5.97 Å². The summed E-state index contributed by atoms with van der Waals surface area (Å²) in [5.74, 6) is 1.42. The molecule has 3 rings (SSSR count). The SMILES string of the molecule is CC(C)=CCOC(=O)c1nc(-c2nc([C@@H]3CCCN3)oc2C)oc1C. The van der Waals surface area contributed by atoms with Gasteiger partial charge in [0, 0.05) is 0 Å². The maximum absolute atomic E-state index is 12.2. The minimum atomic E-state index is -0.510. The smallest absolute Gasteiger partial charge is 0.360 e. The van der Waals surface area contributed by atoms with Gasteiger partial charge in [0.2, 0.25) is 11.8 Å². The Kier molecular flexibility index (Phi) is 5.03. The van der Waals surface area contributed by atoms with Crippen LogP contribution in [0.3, 0.4) is 0 Å². The number of hydrogen-bond donors (Lipinski definition) is 1. The van der Waals surface area contributed by atoms with Gasteiger partial charge in [-0.2, -0.15) is 0 Å². The van der Waals surface area contributed by atoms with Gasteiger partial charge >= 0.3 is 5.97 Å². The van der Waals surface area contributed by atoms with Gasteiger partial charge in [-0.15, -0.1) is 0 Å². The van der Waals surface area contributed by atoms with E-state index in [1.807, 2.05) is 26.8 Å². The second-order valence-corrected chi connectivity index (χ2v) is 6.41. The van der Waals surface area contributed by atoms with E-state index >= 15 is 0 Å². The van der Waals surface area contributed by atoms with E-state index in [9.17, 15) is 4.79 Å². The zero-order chi connectivity index (χ0) is 18.0. The van der Waals surface area contributed by atoms with Crippen molar-refractivity contribution in [2.24, 2.45) is 0 Å². The zero-order valence-electron chi connectivity index (χ0n) is 15.0. The van der Waals surface area contributed by atoms with Crippen LogP contribution in [0.5, 0.6) is 0 Å². The molecule has 0 unspecified atom stereocenters. The molecule has 134 valence electrons. The number of ether oxygens (including phenoxy) is 1. The number of nitrogens with zero attached hydrogens (tertiary/aromatic N) is 2. The normalized spacial score (nSPS) is 16.9. The van der Waals surface area contributed by atoms with E-state index in [-0.39, 0.29) is 24.2 Å². The molecule has 0 aromatic carbocycles. The zero-order valence-corrected chi connectivity index (χ0v) is 15.0. The molecule has 0 radical (unpaired) electrons. The third-order valence-corrected chi connectivity index (χ3v) is 4.07. The van der Waals surface area contributed by atoms with E-state index in [1.54, 1.807) is 6.92 Å². The monoisotopic (exact) mass is 345 g/mol. The first-order valence-corrected chi connectivity index (χ1v) is 8.44. The standard InChI is InChI=1S/C18H23N3O4/c1-10(2)7-9-23-18(22)15-12(4)25-17(21-15)14-11(3)24-16(20-14)13-6-5-8-19-13/h7,13,19H,5-6,8-9H2,1-4H3/t13-/m0/s1. The van der Waals surface area contributed by atoms with Crippen LogP contribution in [-0.2, 0) is 4.74 Å². The molecular weight excluding hydrogens is 322 g/mol. The van der Waals surface area contributed by atoms with Gasteiger partial charge in [-0.25, -0.2) is 14.8 Å². The molecule has 7 nitrogen and oxygen atoms in total. The Morgan fingerprint density at radius 2 is 2.08 bits per heavy atom. The largest absolute Gasteiger partial charge is 0.457 e. The number of allylic oxidation sites excluding steroid dienone is 1. The molecule has 1 aliphatic heterocycles. The number of aryl methyl sites for hydroxylation is 2. The fourth-order valence-corrected chi connectivity index (χ4v) is 2.70. The van der Waals surface area contributed by atoms with E-state index in [1.165, 1.54) is 0 Å². The Labute approximate surface area is 146 Å². The average Bonchev–Trinajstić information content (AvgIpc) is 3.26. The molecule has 0 bridgehead atoms. The minimum absolute atomic E-state index is 0.122. The van der Waals surface area contributed by atoms with Gasteiger partial charge in [0.25, 0.3) is 0 Å². The Morgan fingerprint density at radius 1 is 1.28 bits per heavy atom. The lowest BCUT2D eigenvalue weighted by Gasteiger charge is -2.02. The van der Waals surface area contributed by atoms with Crippen molar-refractivity contribution in [3.8, 4) is 11.6 Å². The van der Waals surface area contributed by atoms with Crippen LogP contribution in [-0.4, -0.2) is 29.1 Å². The Balaban J connectivity index is 1.80. The third kappa shape index (κ3) is 3.82. The lowest BCUT2D eigenvalue weighted by molar-refractivity contribution is 0.0541. The molecule has 3 heterocycles. The third-order valence-electron chi connectivity index (χ3n) is 4.07. The molecule has 1 atom stereocenters. The summed E-state index contributed by atoms with van der Waals surface area (Å²) in [7, 11) is 0. The van der Waals surface area contributed by atoms with Crippen LogP contribution in [0.15, 0.2) is 20.5 Å². The molecular formula is C18H23N3O4. The maximum atomic E-state index is 12.2. The van der Waals surface area contributed by atoms with Gasteiger partial charge in [-0.3, -0.25) is 0 Å². The second kappa shape index (κ2) is 7.23. The molecule has 1 N–H and O–H groups in total. The summed E-state index contributed by atoms with van der Waals surface area (Å²) >= 11 is 0. The molecule has 0 aliphatic carbocycles. The van der Waals surface area contributed by atoms with Crippen molar-refractivity contribution in [2.45, 2.75) is 46.6 Å². The summed E-state index contributed by atoms with van der Waals surface area (Å²) < 4.78 is 16.6. The van der Waals surface area contributed by atoms with E-state index in [0.29, 0.717) is 23.1 Å². The summed E-state index contributed by atoms with van der Waals surface area (Å²) in [6, 6.07) is 0.122. The van der Waals surface area contributed by atoms with Crippen LogP contribution >= 0.6 is 0 Å². The lowest BCUT2D eigenvalue weighted by atomic mass is 10.2. The molecule has 7 heteroatoms. The van der Waals surface area contributed by atoms with Crippen LogP contribution < -0.4 is 5.32 Å². The summed E-state index contributed by atoms with van der Waals surface area (Å²) in [6.07, 6.45) is 3.92. The van der Waals surface area contributed by atoms with Crippen molar-refractivity contribution in [3.05, 3.63) is 34.8 Å². The molecule has 2 aromatic heterocycles. The van der Waals surface area contributed by atoms with Crippen molar-refractivity contribution in [1.29, 1.82) is 0 Å². The van der Waals surface area contributed by atoms with Crippen LogP contribution in [0.2, 0.25) is 0 Å². The fourth-order valence-electron chi connectivity index (χ4n) is 2.70. The maximum Gasteiger partial charge on any atom is 0.360 e. The summed E-state index contributed by atoms with van der Waals surface area (Å²) in [4.78, 5) is 21.0. The molecule has 0 spiro atoms. The second-order valence-electron chi connectivity index (χ2n) is 6.41. The molecule has 2 aromatic rings. The van der Waals surface area contributed by atoms with E-state index < -0.39 is 5.97 Å². The Bertz CT molecular complexity index is 793. The first kappa shape index (κ1) is 17.4. The number of oxazole rings is 2. The van der Waals surface area contributed by atoms with Gasteiger partial charge in [0.1, 0.15) is 18.1 Å². The van der Waals surface area contributed by atoms with Crippen LogP contribution in [0.1, 0.15) is 60.6 Å². The number of carbonyl (C=O) groups is 1. The number of esters is 1. The van der Waals surface area contributed by atoms with Crippen LogP contribution in [0.25, 0.3) is 11.6 Å². The van der Waals surface area contributed by atoms with Gasteiger partial charge in [0.15, 0.2) is 11.4 Å². The molecule has 25 heavy (non-hydrogen) atoms. The molecule has 1 fully saturated rings. The fraction of sp³-hybridized carbons (Fsp3) is 0.500. The number of aromatic nitrogens is 2. The highest BCUT2D eigenvalue weighted by Gasteiger charge is 2.26. The van der Waals surface area contributed by atoms with Gasteiger partial charge < -0.3 is 18.9 Å². The van der Waals surface area contributed by atoms with Crippen molar-refractivity contribution < 1.29 is 18.4 Å². The number of nitrogens with one attached hydrogen (secondary N) is 1. The van der Waals surface area contributed by atoms with E-state index in [0.717, 1.165) is 25.0 Å². The quantitative estimate of drug-likeness (QED) is 0.655. The molecule has 0 amide bonds. The summed E-state index contributed by atoms with van der Waals surface area (Å²) in [6.45, 7) is 8.55. The van der Waals surface area contributed by atoms with Crippen molar-refractivity contribution in [1.82, 2.24) is 15.3 Å². The van der Waals surface area contributed by atoms with E-state index in [2.05, 4.69) is 15.3 Å². The van der Waals surface area contributed by atoms with Crippen LogP contribution in [0, 0.1) is 13.8 Å². The highest BCUT2D eigenvalue weighted by Crippen LogP contribution is 2.30. The lowest BCUT2D eigenvalue weighted by Crippen LogP contribution is -2.12. The molecule has 1 aliphatic rings. The van der Waals surface area contributed by atoms with Gasteiger partial charge in [-0.05, 0) is 53.2 Å². The topological polar surface area (TPSA) is 90.4 Å². The van der Waals surface area contributed by atoms with Crippen molar-refractivity contribution in [2.75, 3.05) is 13.2 Å². The number of carbonyl (C=O) groups excluding carboxylic acids is 1. The Morgan fingerprint density at radius 3 is 2.76 bits per heavy atom. The number of hydrogen-bond acceptors (Lipinski definition) is 7. The highest BCUT2D eigenvalue weighted by atomic mass is 16.5. The van der Waals surface area contributed by atoms with Gasteiger partial charge in [-0.1, -0.05) is 5.57 Å². The van der Waals surface area contributed by atoms with Crippen molar-refractivity contribution in [3.63, 3.8) is 0 Å². The first-order chi connectivity index (χ1) is 12.0. The molecule has 1 saturated heterocycles. The first-order valence-electron chi connectivity index (χ1n) is 8.44. The Hall–Kier alpha value is -2.41. The summed E-state index contributed by atoms with van der Waals surface area (Å²) in [5.41, 5.74) is 1.77. The molecule has 0 saturated carbocycles. The van der Waals surface area contributed by atoms with E-state index in [4.69, 9.17) is 13.6 Å². The predicted octanol–water partition coefficient (Wildman–Crippen LogP) is 3.49.